The van der Waals surface area contributed by atoms with Crippen molar-refractivity contribution in [3.05, 3.63) is 58.6 Å². The summed E-state index contributed by atoms with van der Waals surface area (Å²) in [5.41, 5.74) is 0.677. The van der Waals surface area contributed by atoms with E-state index in [1.54, 1.807) is 12.3 Å². The first-order chi connectivity index (χ1) is 21.4. The second kappa shape index (κ2) is 24.2. The lowest BCUT2D eigenvalue weighted by molar-refractivity contribution is 0.135. The minimum Gasteiger partial charge on any atom is -0.380 e. The molecule has 0 atom stereocenters. The smallest absolute Gasteiger partial charge is 0.350 e. The molecule has 0 fully saturated rings. The van der Waals surface area contributed by atoms with Gasteiger partial charge in [-0.2, -0.15) is 4.98 Å². The van der Waals surface area contributed by atoms with Gasteiger partial charge in [-0.15, -0.1) is 0 Å². The van der Waals surface area contributed by atoms with Crippen molar-refractivity contribution in [1.82, 2.24) is 9.55 Å². The topological polar surface area (TPSA) is 114 Å². The SMILES string of the molecule is CCCCCCCCCCCCCCCCCCOCCN(Cc1ccccc1)c1ccn(CCOCP(=O)(O)O)c(=O)n1. The van der Waals surface area contributed by atoms with Crippen molar-refractivity contribution < 1.29 is 23.8 Å². The fraction of sp³-hybridized carbons (Fsp3) is 0.706. The third-order valence-corrected chi connectivity index (χ3v) is 8.30. The van der Waals surface area contributed by atoms with E-state index in [0.717, 1.165) is 18.6 Å². The first-order valence-electron chi connectivity index (χ1n) is 17.0. The maximum atomic E-state index is 12.6. The van der Waals surface area contributed by atoms with Gasteiger partial charge in [0, 0.05) is 25.9 Å². The van der Waals surface area contributed by atoms with E-state index in [0.29, 0.717) is 25.5 Å². The number of unbranched alkanes of at least 4 members (excludes halogenated alkanes) is 15. The minimum absolute atomic E-state index is 0.00691. The van der Waals surface area contributed by atoms with E-state index in [1.165, 1.54) is 101 Å². The van der Waals surface area contributed by atoms with Crippen molar-refractivity contribution >= 4 is 13.4 Å². The average molecular weight is 636 g/mol. The Morgan fingerprint density at radius 2 is 1.32 bits per heavy atom. The van der Waals surface area contributed by atoms with Crippen molar-refractivity contribution in [2.24, 2.45) is 0 Å². The standard InChI is InChI=1S/C34H58N3O6P/c1-2-3-4-5-6-7-8-9-10-11-12-13-14-15-16-20-27-42-28-26-37(30-32-21-18-17-19-22-32)33-23-24-36(34(38)35-33)25-29-43-31-44(39,40)41/h17-19,21-24H,2-16,20,25-31H2,1H3,(H2,39,40,41). The second-order valence-electron chi connectivity index (χ2n) is 11.8. The summed E-state index contributed by atoms with van der Waals surface area (Å²) in [4.78, 5) is 36.7. The first-order valence-corrected chi connectivity index (χ1v) is 18.7. The van der Waals surface area contributed by atoms with E-state index in [9.17, 15) is 9.36 Å². The molecule has 0 radical (unpaired) electrons. The second-order valence-corrected chi connectivity index (χ2v) is 13.4. The van der Waals surface area contributed by atoms with Crippen LogP contribution in [0, 0.1) is 0 Å². The number of anilines is 1. The Labute approximate surface area is 265 Å². The number of hydrogen-bond donors (Lipinski definition) is 2. The number of hydrogen-bond acceptors (Lipinski definition) is 6. The van der Waals surface area contributed by atoms with Crippen LogP contribution in [-0.2, 0) is 27.1 Å². The Kier molecular flexibility index (Phi) is 21.0. The summed E-state index contributed by atoms with van der Waals surface area (Å²) in [6.07, 6.45) is 22.6. The molecule has 0 aliphatic carbocycles. The first kappa shape index (κ1) is 38.2. The maximum absolute atomic E-state index is 12.6. The predicted molar refractivity (Wildman–Crippen MR) is 179 cm³/mol. The normalized spacial score (nSPS) is 11.7. The zero-order chi connectivity index (χ0) is 31.7. The van der Waals surface area contributed by atoms with Crippen LogP contribution in [0.15, 0.2) is 47.4 Å². The number of nitrogens with zero attached hydrogens (tertiary/aromatic N) is 3. The van der Waals surface area contributed by atoms with E-state index < -0.39 is 19.6 Å². The summed E-state index contributed by atoms with van der Waals surface area (Å²) in [6, 6.07) is 11.8. The van der Waals surface area contributed by atoms with Gasteiger partial charge in [0.25, 0.3) is 0 Å². The molecule has 0 saturated heterocycles. The van der Waals surface area contributed by atoms with Gasteiger partial charge in [0.1, 0.15) is 12.2 Å². The number of ether oxygens (including phenoxy) is 2. The van der Waals surface area contributed by atoms with Crippen LogP contribution in [0.1, 0.15) is 115 Å². The molecule has 10 heteroatoms. The molecule has 0 amide bonds. The van der Waals surface area contributed by atoms with Gasteiger partial charge in [0.15, 0.2) is 0 Å². The lowest BCUT2D eigenvalue weighted by atomic mass is 10.0. The molecule has 44 heavy (non-hydrogen) atoms. The fourth-order valence-electron chi connectivity index (χ4n) is 5.22. The maximum Gasteiger partial charge on any atom is 0.350 e. The molecule has 0 unspecified atom stereocenters. The van der Waals surface area contributed by atoms with Crippen LogP contribution in [0.25, 0.3) is 0 Å². The Balaban J connectivity index is 1.60. The van der Waals surface area contributed by atoms with Crippen LogP contribution in [-0.4, -0.2) is 52.1 Å². The molecule has 250 valence electrons. The molecule has 0 aliphatic rings. The zero-order valence-corrected chi connectivity index (χ0v) is 28.0. The highest BCUT2D eigenvalue weighted by Gasteiger charge is 2.13. The molecule has 1 heterocycles. The monoisotopic (exact) mass is 635 g/mol. The summed E-state index contributed by atoms with van der Waals surface area (Å²) >= 11 is 0. The van der Waals surface area contributed by atoms with Crippen LogP contribution in [0.3, 0.4) is 0 Å². The molecule has 1 aromatic carbocycles. The lowest BCUT2D eigenvalue weighted by Gasteiger charge is -2.24. The van der Waals surface area contributed by atoms with Gasteiger partial charge in [-0.1, -0.05) is 134 Å². The van der Waals surface area contributed by atoms with Gasteiger partial charge < -0.3 is 24.2 Å². The van der Waals surface area contributed by atoms with Crippen LogP contribution in [0.5, 0.6) is 0 Å². The highest BCUT2D eigenvalue weighted by molar-refractivity contribution is 7.51. The number of benzene rings is 1. The number of aromatic nitrogens is 2. The summed E-state index contributed by atoms with van der Waals surface area (Å²) in [5, 5.41) is 0. The van der Waals surface area contributed by atoms with Crippen LogP contribution >= 0.6 is 7.60 Å². The van der Waals surface area contributed by atoms with Crippen LogP contribution < -0.4 is 10.6 Å². The summed E-state index contributed by atoms with van der Waals surface area (Å²) in [6.45, 7) is 4.94. The highest BCUT2D eigenvalue weighted by atomic mass is 31.2. The predicted octanol–water partition coefficient (Wildman–Crippen LogP) is 7.68. The quantitative estimate of drug-likeness (QED) is 0.0723. The molecule has 9 nitrogen and oxygen atoms in total. The third-order valence-electron chi connectivity index (χ3n) is 7.78. The fourth-order valence-corrected chi connectivity index (χ4v) is 5.59. The largest absolute Gasteiger partial charge is 0.380 e. The van der Waals surface area contributed by atoms with Gasteiger partial charge in [-0.3, -0.25) is 9.13 Å². The average Bonchev–Trinajstić information content (AvgIpc) is 3.00. The van der Waals surface area contributed by atoms with Gasteiger partial charge in [-0.05, 0) is 18.1 Å². The highest BCUT2D eigenvalue weighted by Crippen LogP contribution is 2.33. The van der Waals surface area contributed by atoms with E-state index in [2.05, 4.69) is 11.9 Å². The Morgan fingerprint density at radius 3 is 1.86 bits per heavy atom. The molecule has 2 aromatic rings. The molecule has 2 rings (SSSR count). The molecule has 0 aliphatic heterocycles. The van der Waals surface area contributed by atoms with Crippen molar-refractivity contribution in [3.63, 3.8) is 0 Å². The van der Waals surface area contributed by atoms with Crippen molar-refractivity contribution in [1.29, 1.82) is 0 Å². The van der Waals surface area contributed by atoms with E-state index in [1.807, 2.05) is 35.2 Å². The van der Waals surface area contributed by atoms with Crippen molar-refractivity contribution in [2.45, 2.75) is 123 Å². The zero-order valence-electron chi connectivity index (χ0n) is 27.1. The minimum atomic E-state index is -4.23. The number of rotatable bonds is 28. The lowest BCUT2D eigenvalue weighted by Crippen LogP contribution is -2.32. The van der Waals surface area contributed by atoms with Crippen LogP contribution in [0.2, 0.25) is 0 Å². The van der Waals surface area contributed by atoms with E-state index in [4.69, 9.17) is 19.3 Å². The third kappa shape index (κ3) is 19.4. The summed E-state index contributed by atoms with van der Waals surface area (Å²) in [7, 11) is -4.23. The van der Waals surface area contributed by atoms with Gasteiger partial charge >= 0.3 is 13.3 Å². The molecule has 0 spiro atoms. The van der Waals surface area contributed by atoms with Crippen molar-refractivity contribution in [3.8, 4) is 0 Å². The Bertz CT molecular complexity index is 1080. The molecule has 0 bridgehead atoms. The molecular formula is C34H58N3O6P. The van der Waals surface area contributed by atoms with Gasteiger partial charge in [0.2, 0.25) is 0 Å². The molecular weight excluding hydrogens is 577 g/mol. The molecule has 0 saturated carbocycles. The Morgan fingerprint density at radius 1 is 0.750 bits per heavy atom. The summed E-state index contributed by atoms with van der Waals surface area (Å²) in [5.74, 6) is 0.567. The molecule has 1 aromatic heterocycles. The van der Waals surface area contributed by atoms with E-state index in [-0.39, 0.29) is 13.2 Å². The van der Waals surface area contributed by atoms with Gasteiger partial charge in [0.05, 0.1) is 19.8 Å². The molecule has 2 N–H and O–H groups in total. The van der Waals surface area contributed by atoms with Gasteiger partial charge in [-0.25, -0.2) is 4.79 Å². The van der Waals surface area contributed by atoms with E-state index >= 15 is 0 Å². The Hall–Kier alpha value is -2.03. The van der Waals surface area contributed by atoms with Crippen molar-refractivity contribution in [2.75, 3.05) is 37.6 Å². The van der Waals surface area contributed by atoms with Crippen LogP contribution in [0.4, 0.5) is 5.82 Å². The summed E-state index contributed by atoms with van der Waals surface area (Å²) < 4.78 is 23.2.